The maximum Gasteiger partial charge on any atom is 0.254 e. The Kier molecular flexibility index (Phi) is 10.5. The van der Waals surface area contributed by atoms with Crippen molar-refractivity contribution in [3.05, 3.63) is 29.3 Å². The second-order valence-corrected chi connectivity index (χ2v) is 7.12. The first-order valence-electron chi connectivity index (χ1n) is 8.74. The molecule has 1 saturated heterocycles. The highest BCUT2D eigenvalue weighted by atomic mass is 35.5. The zero-order chi connectivity index (χ0) is 17.0. The van der Waals surface area contributed by atoms with E-state index in [9.17, 15) is 4.79 Å². The Bertz CT molecular complexity index is 551. The Hall–Kier alpha value is -0.970. The van der Waals surface area contributed by atoms with Gasteiger partial charge < -0.3 is 15.5 Å². The second kappa shape index (κ2) is 10.9. The monoisotopic (exact) mass is 389 g/mol. The van der Waals surface area contributed by atoms with Gasteiger partial charge in [-0.15, -0.1) is 24.8 Å². The number of likely N-dealkylation sites (tertiary alicyclic amines) is 1. The molecule has 4 nitrogen and oxygen atoms in total. The lowest BCUT2D eigenvalue weighted by atomic mass is 10.0. The van der Waals surface area contributed by atoms with E-state index < -0.39 is 0 Å². The van der Waals surface area contributed by atoms with Crippen LogP contribution in [0.2, 0.25) is 0 Å². The van der Waals surface area contributed by atoms with Crippen LogP contribution in [0.15, 0.2) is 18.2 Å². The highest BCUT2D eigenvalue weighted by Gasteiger charge is 2.27. The molecule has 1 aliphatic heterocycles. The molecule has 2 atom stereocenters. The van der Waals surface area contributed by atoms with Gasteiger partial charge in [-0.3, -0.25) is 4.79 Å². The first-order valence-corrected chi connectivity index (χ1v) is 8.74. The smallest absolute Gasteiger partial charge is 0.254 e. The Morgan fingerprint density at radius 1 is 1.28 bits per heavy atom. The van der Waals surface area contributed by atoms with Crippen molar-refractivity contribution in [2.75, 3.05) is 32.0 Å². The summed E-state index contributed by atoms with van der Waals surface area (Å²) in [7, 11) is 1.97. The maximum atomic E-state index is 12.9. The Balaban J connectivity index is 0.00000288. The molecule has 0 aromatic heterocycles. The van der Waals surface area contributed by atoms with E-state index in [0.29, 0.717) is 17.9 Å². The Labute approximate surface area is 164 Å². The molecule has 1 amide bonds. The van der Waals surface area contributed by atoms with Gasteiger partial charge in [0.1, 0.15) is 0 Å². The number of benzene rings is 1. The van der Waals surface area contributed by atoms with E-state index in [1.807, 2.05) is 31.0 Å². The molecule has 1 aliphatic rings. The van der Waals surface area contributed by atoms with Gasteiger partial charge in [0.05, 0.1) is 0 Å². The molecule has 0 spiro atoms. The number of halogens is 2. The fourth-order valence-electron chi connectivity index (χ4n) is 3.08. The van der Waals surface area contributed by atoms with Gasteiger partial charge >= 0.3 is 0 Å². The van der Waals surface area contributed by atoms with Crippen molar-refractivity contribution in [3.8, 4) is 0 Å². The summed E-state index contributed by atoms with van der Waals surface area (Å²) in [6, 6.07) is 6.38. The number of nitrogens with one attached hydrogen (secondary N) is 2. The van der Waals surface area contributed by atoms with Crippen LogP contribution in [0.3, 0.4) is 0 Å². The van der Waals surface area contributed by atoms with Gasteiger partial charge in [0, 0.05) is 30.4 Å². The van der Waals surface area contributed by atoms with E-state index in [2.05, 4.69) is 37.5 Å². The SMILES string of the molecule is CNCC1CCN(C(=O)c2cccc(NC(C)C(C)C)c2C)C1.Cl.Cl. The molecule has 2 unspecified atom stereocenters. The average molecular weight is 390 g/mol. The zero-order valence-electron chi connectivity index (χ0n) is 16.0. The fourth-order valence-corrected chi connectivity index (χ4v) is 3.08. The highest BCUT2D eigenvalue weighted by molar-refractivity contribution is 5.97. The van der Waals surface area contributed by atoms with E-state index in [-0.39, 0.29) is 30.7 Å². The average Bonchev–Trinajstić information content (AvgIpc) is 2.97. The zero-order valence-corrected chi connectivity index (χ0v) is 17.6. The van der Waals surface area contributed by atoms with Crippen LogP contribution in [-0.4, -0.2) is 43.5 Å². The van der Waals surface area contributed by atoms with Crippen molar-refractivity contribution < 1.29 is 4.79 Å². The Morgan fingerprint density at radius 3 is 2.56 bits per heavy atom. The normalized spacial score (nSPS) is 17.7. The highest BCUT2D eigenvalue weighted by Crippen LogP contribution is 2.25. The minimum atomic E-state index is 0. The number of carbonyl (C=O) groups excluding carboxylic acids is 1. The second-order valence-electron chi connectivity index (χ2n) is 7.12. The van der Waals surface area contributed by atoms with Gasteiger partial charge in [0.2, 0.25) is 0 Å². The van der Waals surface area contributed by atoms with Crippen molar-refractivity contribution in [2.45, 2.75) is 40.2 Å². The van der Waals surface area contributed by atoms with Crippen molar-refractivity contribution in [3.63, 3.8) is 0 Å². The maximum absolute atomic E-state index is 12.9. The van der Waals surface area contributed by atoms with Gasteiger partial charge in [-0.2, -0.15) is 0 Å². The molecule has 1 aromatic carbocycles. The van der Waals surface area contributed by atoms with Crippen LogP contribution < -0.4 is 10.6 Å². The predicted octanol–water partition coefficient (Wildman–Crippen LogP) is 3.98. The first kappa shape index (κ1) is 24.0. The molecule has 144 valence electrons. The van der Waals surface area contributed by atoms with E-state index >= 15 is 0 Å². The fraction of sp³-hybridized carbons (Fsp3) is 0.632. The molecule has 25 heavy (non-hydrogen) atoms. The molecule has 1 heterocycles. The van der Waals surface area contributed by atoms with Crippen LogP contribution in [0.5, 0.6) is 0 Å². The van der Waals surface area contributed by atoms with Gasteiger partial charge in [-0.05, 0) is 63.4 Å². The molecule has 1 fully saturated rings. The minimum Gasteiger partial charge on any atom is -0.382 e. The third kappa shape index (κ3) is 6.05. The molecule has 2 rings (SSSR count). The molecule has 0 radical (unpaired) electrons. The summed E-state index contributed by atoms with van der Waals surface area (Å²) in [5, 5.41) is 6.76. The summed E-state index contributed by atoms with van der Waals surface area (Å²) in [6.07, 6.45) is 1.09. The summed E-state index contributed by atoms with van der Waals surface area (Å²) < 4.78 is 0. The van der Waals surface area contributed by atoms with E-state index in [1.165, 1.54) is 0 Å². The quantitative estimate of drug-likeness (QED) is 0.773. The van der Waals surface area contributed by atoms with Crippen LogP contribution in [-0.2, 0) is 0 Å². The standard InChI is InChI=1S/C19H31N3O.2ClH/c1-13(2)15(4)21-18-8-6-7-17(14(18)3)19(23)22-10-9-16(12-22)11-20-5;;/h6-8,13,15-16,20-21H,9-12H2,1-5H3;2*1H. The third-order valence-corrected chi connectivity index (χ3v) is 5.01. The molecule has 0 saturated carbocycles. The van der Waals surface area contributed by atoms with E-state index in [4.69, 9.17) is 0 Å². The number of hydrogen-bond acceptors (Lipinski definition) is 3. The molecule has 2 N–H and O–H groups in total. The number of rotatable bonds is 6. The number of amides is 1. The van der Waals surface area contributed by atoms with E-state index in [0.717, 1.165) is 42.9 Å². The van der Waals surface area contributed by atoms with Crippen molar-refractivity contribution >= 4 is 36.4 Å². The molecule has 6 heteroatoms. The molecule has 0 aliphatic carbocycles. The summed E-state index contributed by atoms with van der Waals surface area (Å²) in [4.78, 5) is 14.9. The Morgan fingerprint density at radius 2 is 1.96 bits per heavy atom. The minimum absolute atomic E-state index is 0. The van der Waals surface area contributed by atoms with Gasteiger partial charge in [-0.1, -0.05) is 19.9 Å². The summed E-state index contributed by atoms with van der Waals surface area (Å²) in [5.41, 5.74) is 2.96. The molecular formula is C19H33Cl2N3O. The van der Waals surface area contributed by atoms with Crippen molar-refractivity contribution in [2.24, 2.45) is 11.8 Å². The summed E-state index contributed by atoms with van der Waals surface area (Å²) >= 11 is 0. The van der Waals surface area contributed by atoms with Gasteiger partial charge in [-0.25, -0.2) is 0 Å². The molecule has 1 aromatic rings. The third-order valence-electron chi connectivity index (χ3n) is 5.01. The largest absolute Gasteiger partial charge is 0.382 e. The summed E-state index contributed by atoms with van der Waals surface area (Å²) in [6.45, 7) is 11.3. The van der Waals surface area contributed by atoms with Crippen LogP contribution in [0.25, 0.3) is 0 Å². The lowest BCUT2D eigenvalue weighted by Crippen LogP contribution is -2.31. The van der Waals surface area contributed by atoms with Crippen molar-refractivity contribution in [1.82, 2.24) is 10.2 Å². The van der Waals surface area contributed by atoms with Crippen LogP contribution in [0.4, 0.5) is 5.69 Å². The lowest BCUT2D eigenvalue weighted by Gasteiger charge is -2.23. The van der Waals surface area contributed by atoms with Gasteiger partial charge in [0.15, 0.2) is 0 Å². The topological polar surface area (TPSA) is 44.4 Å². The summed E-state index contributed by atoms with van der Waals surface area (Å²) in [5.74, 6) is 1.29. The predicted molar refractivity (Wildman–Crippen MR) is 112 cm³/mol. The number of carbonyl (C=O) groups is 1. The first-order chi connectivity index (χ1) is 10.9. The van der Waals surface area contributed by atoms with Crippen LogP contribution in [0, 0.1) is 18.8 Å². The van der Waals surface area contributed by atoms with Crippen LogP contribution >= 0.6 is 24.8 Å². The number of nitrogens with zero attached hydrogens (tertiary/aromatic N) is 1. The molecular weight excluding hydrogens is 357 g/mol. The number of anilines is 1. The van der Waals surface area contributed by atoms with E-state index in [1.54, 1.807) is 0 Å². The molecule has 0 bridgehead atoms. The lowest BCUT2D eigenvalue weighted by molar-refractivity contribution is 0.0786. The van der Waals surface area contributed by atoms with Crippen LogP contribution in [0.1, 0.15) is 43.1 Å². The van der Waals surface area contributed by atoms with Gasteiger partial charge in [0.25, 0.3) is 5.91 Å². The number of hydrogen-bond donors (Lipinski definition) is 2. The van der Waals surface area contributed by atoms with Crippen molar-refractivity contribution in [1.29, 1.82) is 0 Å².